The van der Waals surface area contributed by atoms with Crippen LogP contribution in [0.3, 0.4) is 0 Å². The minimum Gasteiger partial charge on any atom is -0.409 e. The Balaban J connectivity index is 2.15. The Labute approximate surface area is 116 Å². The van der Waals surface area contributed by atoms with Crippen LogP contribution in [0.2, 0.25) is 0 Å². The Morgan fingerprint density at radius 1 is 1.40 bits per heavy atom. The molecule has 6 nitrogen and oxygen atoms in total. The van der Waals surface area contributed by atoms with Gasteiger partial charge in [-0.25, -0.2) is 0 Å². The van der Waals surface area contributed by atoms with Gasteiger partial charge < -0.3 is 15.8 Å². The van der Waals surface area contributed by atoms with Crippen molar-refractivity contribution < 1.29 is 5.21 Å². The summed E-state index contributed by atoms with van der Waals surface area (Å²) in [6.07, 6.45) is 2.46. The number of fused-ring (bicyclic) bond motifs is 1. The molecule has 0 radical (unpaired) electrons. The summed E-state index contributed by atoms with van der Waals surface area (Å²) < 4.78 is 0. The van der Waals surface area contributed by atoms with Crippen molar-refractivity contribution in [1.29, 1.82) is 0 Å². The molecule has 0 saturated carbocycles. The van der Waals surface area contributed by atoms with E-state index >= 15 is 0 Å². The van der Waals surface area contributed by atoms with E-state index in [1.54, 1.807) is 6.07 Å². The lowest BCUT2D eigenvalue weighted by Gasteiger charge is -2.25. The first-order valence-electron chi connectivity index (χ1n) is 6.39. The van der Waals surface area contributed by atoms with Crippen LogP contribution in [0.4, 0.5) is 11.5 Å². The Morgan fingerprint density at radius 2 is 2.20 bits per heavy atom. The van der Waals surface area contributed by atoms with Crippen LogP contribution in [0.15, 0.2) is 41.7 Å². The van der Waals surface area contributed by atoms with E-state index in [4.69, 9.17) is 10.9 Å². The molecule has 0 saturated heterocycles. The number of oxime groups is 1. The number of anilines is 2. The zero-order valence-corrected chi connectivity index (χ0v) is 11.1. The number of nitrogens with two attached hydrogens (primary N) is 1. The van der Waals surface area contributed by atoms with Gasteiger partial charge in [0.25, 0.3) is 0 Å². The molecule has 1 atom stereocenters. The maximum absolute atomic E-state index is 8.91. The maximum Gasteiger partial charge on any atom is 0.173 e. The van der Waals surface area contributed by atoms with E-state index < -0.39 is 0 Å². The van der Waals surface area contributed by atoms with E-state index in [2.05, 4.69) is 33.2 Å². The van der Waals surface area contributed by atoms with E-state index in [0.29, 0.717) is 11.4 Å². The van der Waals surface area contributed by atoms with Gasteiger partial charge in [-0.15, -0.1) is 5.10 Å². The van der Waals surface area contributed by atoms with Crippen LogP contribution in [-0.2, 0) is 6.42 Å². The molecule has 6 heteroatoms. The van der Waals surface area contributed by atoms with Gasteiger partial charge in [0.05, 0.1) is 11.8 Å². The van der Waals surface area contributed by atoms with Crippen molar-refractivity contribution in [2.45, 2.75) is 19.4 Å². The second-order valence-electron chi connectivity index (χ2n) is 4.81. The summed E-state index contributed by atoms with van der Waals surface area (Å²) in [4.78, 5) is 2.08. The molecule has 20 heavy (non-hydrogen) atoms. The van der Waals surface area contributed by atoms with Crippen LogP contribution in [0.1, 0.15) is 18.1 Å². The summed E-state index contributed by atoms with van der Waals surface area (Å²) in [6.45, 7) is 2.12. The van der Waals surface area contributed by atoms with Crippen molar-refractivity contribution in [2.24, 2.45) is 10.9 Å². The number of para-hydroxylation sites is 1. The highest BCUT2D eigenvalue weighted by Crippen LogP contribution is 2.38. The van der Waals surface area contributed by atoms with Crippen LogP contribution < -0.4 is 10.6 Å². The average molecular weight is 269 g/mol. The molecule has 1 aliphatic rings. The first-order valence-corrected chi connectivity index (χ1v) is 6.39. The molecule has 102 valence electrons. The fourth-order valence-corrected chi connectivity index (χ4v) is 2.64. The standard InChI is InChI=1S/C14H15N5O/c1-9-8-10-4-2-3-5-12(10)19(9)14-11(13(15)18-20)6-7-16-17-14/h2-7,9,20H,8H2,1H3,(H2,15,18). The molecule has 1 aromatic carbocycles. The number of rotatable bonds is 2. The number of hydrogen-bond acceptors (Lipinski definition) is 5. The smallest absolute Gasteiger partial charge is 0.173 e. The summed E-state index contributed by atoms with van der Waals surface area (Å²) in [5.41, 5.74) is 8.66. The molecule has 3 N–H and O–H groups in total. The summed E-state index contributed by atoms with van der Waals surface area (Å²) in [5.74, 6) is 0.645. The van der Waals surface area contributed by atoms with Crippen LogP contribution in [0, 0.1) is 0 Å². The molecule has 0 aliphatic carbocycles. The third kappa shape index (κ3) is 1.85. The van der Waals surface area contributed by atoms with Gasteiger partial charge >= 0.3 is 0 Å². The topological polar surface area (TPSA) is 87.6 Å². The van der Waals surface area contributed by atoms with Gasteiger partial charge in [-0.1, -0.05) is 23.4 Å². The average Bonchev–Trinajstić information content (AvgIpc) is 2.82. The van der Waals surface area contributed by atoms with E-state index in [9.17, 15) is 0 Å². The molecule has 0 fully saturated rings. The minimum atomic E-state index is 0.0338. The van der Waals surface area contributed by atoms with Gasteiger partial charge in [-0.2, -0.15) is 5.10 Å². The van der Waals surface area contributed by atoms with Crippen molar-refractivity contribution in [3.05, 3.63) is 47.7 Å². The molecule has 1 unspecified atom stereocenters. The van der Waals surface area contributed by atoms with Crippen LogP contribution in [-0.4, -0.2) is 27.3 Å². The second-order valence-corrected chi connectivity index (χ2v) is 4.81. The molecule has 2 heterocycles. The summed E-state index contributed by atoms with van der Waals surface area (Å²) in [7, 11) is 0. The van der Waals surface area contributed by atoms with Crippen molar-refractivity contribution in [3.8, 4) is 0 Å². The second kappa shape index (κ2) is 4.80. The van der Waals surface area contributed by atoms with E-state index in [1.807, 2.05) is 18.2 Å². The van der Waals surface area contributed by atoms with Gasteiger partial charge in [0.15, 0.2) is 11.7 Å². The Bertz CT molecular complexity index is 670. The van der Waals surface area contributed by atoms with Crippen LogP contribution in [0.25, 0.3) is 0 Å². The SMILES string of the molecule is CC1Cc2ccccc2N1c1nnccc1/C(N)=N/O. The summed E-state index contributed by atoms with van der Waals surface area (Å²) in [5, 5.41) is 20.1. The molecule has 0 spiro atoms. The van der Waals surface area contributed by atoms with Gasteiger partial charge in [0.1, 0.15) is 0 Å². The van der Waals surface area contributed by atoms with Gasteiger partial charge in [0, 0.05) is 11.7 Å². The normalized spacial score (nSPS) is 18.1. The Morgan fingerprint density at radius 3 is 3.00 bits per heavy atom. The Hall–Kier alpha value is -2.63. The summed E-state index contributed by atoms with van der Waals surface area (Å²) in [6, 6.07) is 10.1. The molecule has 2 aromatic rings. The molecular weight excluding hydrogens is 254 g/mol. The van der Waals surface area contributed by atoms with Gasteiger partial charge in [-0.3, -0.25) is 0 Å². The number of aromatic nitrogens is 2. The molecule has 0 amide bonds. The highest BCUT2D eigenvalue weighted by molar-refractivity contribution is 6.02. The maximum atomic E-state index is 8.91. The van der Waals surface area contributed by atoms with Crippen molar-refractivity contribution in [3.63, 3.8) is 0 Å². The molecule has 1 aromatic heterocycles. The van der Waals surface area contributed by atoms with Crippen LogP contribution >= 0.6 is 0 Å². The quantitative estimate of drug-likeness (QED) is 0.374. The van der Waals surface area contributed by atoms with Crippen molar-refractivity contribution in [2.75, 3.05) is 4.90 Å². The monoisotopic (exact) mass is 269 g/mol. The zero-order valence-electron chi connectivity index (χ0n) is 11.1. The lowest BCUT2D eigenvalue weighted by Crippen LogP contribution is -2.28. The Kier molecular flexibility index (Phi) is 2.98. The molecular formula is C14H15N5O. The predicted molar refractivity (Wildman–Crippen MR) is 76.3 cm³/mol. The van der Waals surface area contributed by atoms with Crippen molar-refractivity contribution in [1.82, 2.24) is 10.2 Å². The molecule has 1 aliphatic heterocycles. The highest BCUT2D eigenvalue weighted by atomic mass is 16.4. The highest BCUT2D eigenvalue weighted by Gasteiger charge is 2.30. The zero-order chi connectivity index (χ0) is 14.1. The van der Waals surface area contributed by atoms with Crippen molar-refractivity contribution >= 4 is 17.3 Å². The number of benzene rings is 1. The van der Waals surface area contributed by atoms with Gasteiger partial charge in [-0.05, 0) is 31.0 Å². The lowest BCUT2D eigenvalue weighted by atomic mass is 10.1. The largest absolute Gasteiger partial charge is 0.409 e. The number of hydrogen-bond donors (Lipinski definition) is 2. The third-order valence-corrected chi connectivity index (χ3v) is 3.52. The fraction of sp³-hybridized carbons (Fsp3) is 0.214. The first kappa shape index (κ1) is 12.4. The lowest BCUT2D eigenvalue weighted by molar-refractivity contribution is 0.318. The predicted octanol–water partition coefficient (Wildman–Crippen LogP) is 1.65. The number of nitrogens with zero attached hydrogens (tertiary/aromatic N) is 4. The van der Waals surface area contributed by atoms with E-state index in [0.717, 1.165) is 12.1 Å². The molecule has 3 rings (SSSR count). The number of amidine groups is 1. The minimum absolute atomic E-state index is 0.0338. The van der Waals surface area contributed by atoms with E-state index in [1.165, 1.54) is 11.8 Å². The van der Waals surface area contributed by atoms with Gasteiger partial charge in [0.2, 0.25) is 0 Å². The van der Waals surface area contributed by atoms with Crippen LogP contribution in [0.5, 0.6) is 0 Å². The van der Waals surface area contributed by atoms with E-state index in [-0.39, 0.29) is 11.9 Å². The third-order valence-electron chi connectivity index (χ3n) is 3.52. The fourth-order valence-electron chi connectivity index (χ4n) is 2.64. The molecule has 0 bridgehead atoms. The first-order chi connectivity index (χ1) is 9.72. The summed E-state index contributed by atoms with van der Waals surface area (Å²) >= 11 is 0.